The van der Waals surface area contributed by atoms with Crippen LogP contribution in [0.4, 0.5) is 0 Å². The molecule has 0 fully saturated rings. The monoisotopic (exact) mass is 233 g/mol. The predicted molar refractivity (Wildman–Crippen MR) is 48.8 cm³/mol. The summed E-state index contributed by atoms with van der Waals surface area (Å²) in [6.45, 7) is 0. The third-order valence-corrected chi connectivity index (χ3v) is 1.85. The van der Waals surface area contributed by atoms with Gasteiger partial charge in [0, 0.05) is 0 Å². The van der Waals surface area contributed by atoms with Crippen molar-refractivity contribution in [1.82, 2.24) is 0 Å². The molecular formula is C7H7NO6S. The van der Waals surface area contributed by atoms with Crippen molar-refractivity contribution in [2.24, 2.45) is 5.73 Å². The Hall–Kier alpha value is -1.80. The summed E-state index contributed by atoms with van der Waals surface area (Å²) in [5, 5.41) is 9.32. The van der Waals surface area contributed by atoms with Crippen molar-refractivity contribution < 1.29 is 27.1 Å². The number of phenols is 1. The lowest BCUT2D eigenvalue weighted by atomic mass is 10.2. The molecule has 0 radical (unpaired) electrons. The molecule has 0 atom stereocenters. The standard InChI is InChI=1S/C7H7NO6S/c8-7(10)4-2-1-3-5(6(4)9)14-15(11,12)13/h1-3,9H,(H2,8,10)(H,11,12,13). The van der Waals surface area contributed by atoms with E-state index < -0.39 is 27.8 Å². The fourth-order valence-electron chi connectivity index (χ4n) is 0.902. The molecule has 0 heterocycles. The fraction of sp³-hybridized carbons (Fsp3) is 0. The zero-order chi connectivity index (χ0) is 11.6. The number of nitrogens with two attached hydrogens (primary N) is 1. The molecule has 8 heteroatoms. The van der Waals surface area contributed by atoms with E-state index in [0.717, 1.165) is 6.07 Å². The number of carbonyl (C=O) groups is 1. The SMILES string of the molecule is NC(=O)c1cccc(OS(=O)(=O)O)c1O. The summed E-state index contributed by atoms with van der Waals surface area (Å²) >= 11 is 0. The summed E-state index contributed by atoms with van der Waals surface area (Å²) in [4.78, 5) is 10.7. The van der Waals surface area contributed by atoms with E-state index in [4.69, 9.17) is 10.3 Å². The van der Waals surface area contributed by atoms with E-state index in [1.807, 2.05) is 0 Å². The number of hydrogen-bond acceptors (Lipinski definition) is 5. The smallest absolute Gasteiger partial charge is 0.446 e. The molecule has 0 saturated heterocycles. The Balaban J connectivity index is 3.22. The first-order valence-corrected chi connectivity index (χ1v) is 4.96. The number of rotatable bonds is 3. The molecule has 0 aliphatic heterocycles. The van der Waals surface area contributed by atoms with Crippen molar-refractivity contribution in [1.29, 1.82) is 0 Å². The minimum absolute atomic E-state index is 0.309. The van der Waals surface area contributed by atoms with Gasteiger partial charge in [-0.05, 0) is 12.1 Å². The van der Waals surface area contributed by atoms with Crippen LogP contribution in [0.5, 0.6) is 11.5 Å². The summed E-state index contributed by atoms with van der Waals surface area (Å²) in [5.41, 5.74) is 4.57. The Labute approximate surface area is 85.0 Å². The molecule has 0 spiro atoms. The Bertz CT molecular complexity index is 494. The third-order valence-electron chi connectivity index (χ3n) is 1.46. The maximum absolute atomic E-state index is 10.7. The van der Waals surface area contributed by atoms with Crippen LogP contribution >= 0.6 is 0 Å². The molecule has 7 nitrogen and oxygen atoms in total. The van der Waals surface area contributed by atoms with Crippen molar-refractivity contribution in [3.63, 3.8) is 0 Å². The van der Waals surface area contributed by atoms with Crippen molar-refractivity contribution in [2.45, 2.75) is 0 Å². The summed E-state index contributed by atoms with van der Waals surface area (Å²) in [5.74, 6) is -2.27. The molecule has 15 heavy (non-hydrogen) atoms. The van der Waals surface area contributed by atoms with E-state index in [9.17, 15) is 18.3 Å². The second kappa shape index (κ2) is 3.75. The van der Waals surface area contributed by atoms with Crippen LogP contribution in [-0.4, -0.2) is 24.0 Å². The number of hydrogen-bond donors (Lipinski definition) is 3. The zero-order valence-corrected chi connectivity index (χ0v) is 8.06. The maximum Gasteiger partial charge on any atom is 0.446 e. The van der Waals surface area contributed by atoms with Gasteiger partial charge in [-0.25, -0.2) is 0 Å². The van der Waals surface area contributed by atoms with Crippen LogP contribution in [0.3, 0.4) is 0 Å². The highest BCUT2D eigenvalue weighted by atomic mass is 32.3. The first-order chi connectivity index (χ1) is 6.81. The molecular weight excluding hydrogens is 226 g/mol. The van der Waals surface area contributed by atoms with Crippen molar-refractivity contribution in [2.75, 3.05) is 0 Å². The lowest BCUT2D eigenvalue weighted by Crippen LogP contribution is -2.12. The van der Waals surface area contributed by atoms with Crippen LogP contribution in [0.1, 0.15) is 10.4 Å². The van der Waals surface area contributed by atoms with E-state index in [1.54, 1.807) is 0 Å². The molecule has 0 aliphatic rings. The first-order valence-electron chi connectivity index (χ1n) is 3.60. The zero-order valence-electron chi connectivity index (χ0n) is 7.25. The van der Waals surface area contributed by atoms with Gasteiger partial charge < -0.3 is 15.0 Å². The van der Waals surface area contributed by atoms with Crippen LogP contribution in [0.15, 0.2) is 18.2 Å². The predicted octanol–water partition coefficient (Wildman–Crippen LogP) is -0.327. The third kappa shape index (κ3) is 2.82. The molecule has 0 bridgehead atoms. The van der Waals surface area contributed by atoms with E-state index in [2.05, 4.69) is 4.18 Å². The van der Waals surface area contributed by atoms with E-state index in [0.29, 0.717) is 0 Å². The van der Waals surface area contributed by atoms with Crippen molar-refractivity contribution in [3.8, 4) is 11.5 Å². The van der Waals surface area contributed by atoms with Gasteiger partial charge in [0.25, 0.3) is 5.91 Å². The highest BCUT2D eigenvalue weighted by Gasteiger charge is 2.16. The van der Waals surface area contributed by atoms with Gasteiger partial charge in [-0.1, -0.05) is 6.07 Å². The summed E-state index contributed by atoms with van der Waals surface area (Å²) < 4.78 is 33.0. The van der Waals surface area contributed by atoms with Gasteiger partial charge in [-0.2, -0.15) is 8.42 Å². The molecule has 0 unspecified atom stereocenters. The van der Waals surface area contributed by atoms with Gasteiger partial charge in [0.05, 0.1) is 5.56 Å². The minimum Gasteiger partial charge on any atom is -0.504 e. The Morgan fingerprint density at radius 2 is 2.00 bits per heavy atom. The molecule has 1 aromatic rings. The number of primary amides is 1. The molecule has 0 saturated carbocycles. The number of benzene rings is 1. The molecule has 0 aromatic heterocycles. The van der Waals surface area contributed by atoms with Gasteiger partial charge in [-0.15, -0.1) is 0 Å². The Morgan fingerprint density at radius 3 is 2.47 bits per heavy atom. The highest BCUT2D eigenvalue weighted by molar-refractivity contribution is 7.81. The van der Waals surface area contributed by atoms with Crippen LogP contribution in [0.25, 0.3) is 0 Å². The number of aromatic hydroxyl groups is 1. The molecule has 1 rings (SSSR count). The first kappa shape index (κ1) is 11.3. The van der Waals surface area contributed by atoms with Crippen molar-refractivity contribution >= 4 is 16.3 Å². The molecule has 0 aliphatic carbocycles. The number of carbonyl (C=O) groups excluding carboxylic acids is 1. The van der Waals surface area contributed by atoms with Crippen LogP contribution < -0.4 is 9.92 Å². The topological polar surface area (TPSA) is 127 Å². The van der Waals surface area contributed by atoms with E-state index >= 15 is 0 Å². The fourth-order valence-corrected chi connectivity index (χ4v) is 1.26. The molecule has 82 valence electrons. The number of para-hydroxylation sites is 1. The highest BCUT2D eigenvalue weighted by Crippen LogP contribution is 2.30. The Morgan fingerprint density at radius 1 is 1.40 bits per heavy atom. The van der Waals surface area contributed by atoms with Gasteiger partial charge in [-0.3, -0.25) is 9.35 Å². The van der Waals surface area contributed by atoms with Crippen molar-refractivity contribution in [3.05, 3.63) is 23.8 Å². The van der Waals surface area contributed by atoms with Crippen LogP contribution in [-0.2, 0) is 10.4 Å². The maximum atomic E-state index is 10.7. The van der Waals surface area contributed by atoms with Crippen LogP contribution in [0.2, 0.25) is 0 Å². The summed E-state index contributed by atoms with van der Waals surface area (Å²) in [6, 6.07) is 3.46. The Kier molecular flexibility index (Phi) is 2.82. The number of amides is 1. The lowest BCUT2D eigenvalue weighted by Gasteiger charge is -2.06. The molecule has 4 N–H and O–H groups in total. The van der Waals surface area contributed by atoms with Gasteiger partial charge >= 0.3 is 10.4 Å². The minimum atomic E-state index is -4.75. The van der Waals surface area contributed by atoms with E-state index in [1.165, 1.54) is 12.1 Å². The quantitative estimate of drug-likeness (QED) is 0.613. The molecule has 1 aromatic carbocycles. The normalized spacial score (nSPS) is 11.0. The lowest BCUT2D eigenvalue weighted by molar-refractivity contribution is 0.0997. The average Bonchev–Trinajstić information content (AvgIpc) is 2.05. The average molecular weight is 233 g/mol. The second-order valence-corrected chi connectivity index (χ2v) is 3.55. The van der Waals surface area contributed by atoms with E-state index in [-0.39, 0.29) is 5.56 Å². The van der Waals surface area contributed by atoms with Gasteiger partial charge in [0.15, 0.2) is 11.5 Å². The van der Waals surface area contributed by atoms with Crippen LogP contribution in [0, 0.1) is 0 Å². The van der Waals surface area contributed by atoms with Gasteiger partial charge in [0.2, 0.25) is 0 Å². The second-order valence-electron chi connectivity index (χ2n) is 2.53. The molecule has 1 amide bonds. The summed E-state index contributed by atoms with van der Waals surface area (Å²) in [6.07, 6.45) is 0. The largest absolute Gasteiger partial charge is 0.504 e. The summed E-state index contributed by atoms with van der Waals surface area (Å²) in [7, 11) is -4.75. The van der Waals surface area contributed by atoms with Gasteiger partial charge in [0.1, 0.15) is 0 Å².